The third kappa shape index (κ3) is 5.50. The van der Waals surface area contributed by atoms with Crippen LogP contribution in [0, 0.1) is 11.8 Å². The summed E-state index contributed by atoms with van der Waals surface area (Å²) in [6.07, 6.45) is 31.2. The largest absolute Gasteiger partial charge is 0.297 e. The van der Waals surface area contributed by atoms with E-state index in [2.05, 4.69) is 16.1 Å². The Morgan fingerprint density at radius 3 is 1.87 bits per heavy atom. The molecular formula is C28H49N3. The summed E-state index contributed by atoms with van der Waals surface area (Å²) in [6.45, 7) is 1.39. The fraction of sp³-hybridized carbons (Fsp3) is 0.964. The molecule has 0 N–H and O–H groups in total. The summed E-state index contributed by atoms with van der Waals surface area (Å²) < 4.78 is 0. The topological polar surface area (TPSA) is 18.8 Å². The summed E-state index contributed by atoms with van der Waals surface area (Å²) in [6, 6.07) is 3.29. The Morgan fingerprint density at radius 2 is 1.23 bits per heavy atom. The van der Waals surface area contributed by atoms with Crippen molar-refractivity contribution in [2.75, 3.05) is 6.54 Å². The Morgan fingerprint density at radius 1 is 0.613 bits per heavy atom. The second-order valence-corrected chi connectivity index (χ2v) is 11.8. The van der Waals surface area contributed by atoms with Crippen LogP contribution in [0.1, 0.15) is 128 Å². The lowest BCUT2D eigenvalue weighted by Crippen LogP contribution is -2.53. The van der Waals surface area contributed by atoms with Gasteiger partial charge in [0.25, 0.3) is 0 Å². The number of hydrogen-bond donors (Lipinski definition) is 0. The zero-order chi connectivity index (χ0) is 20.9. The first-order chi connectivity index (χ1) is 15.4. The van der Waals surface area contributed by atoms with Crippen molar-refractivity contribution in [1.29, 1.82) is 0 Å². The molecule has 3 nitrogen and oxygen atoms in total. The van der Waals surface area contributed by atoms with Gasteiger partial charge in [-0.3, -0.25) is 9.91 Å². The second kappa shape index (κ2) is 11.0. The van der Waals surface area contributed by atoms with Crippen LogP contribution in [0.2, 0.25) is 0 Å². The smallest absolute Gasteiger partial charge is 0.0473 e. The molecule has 5 rings (SSSR count). The molecule has 0 spiro atoms. The first-order valence-electron chi connectivity index (χ1n) is 14.5. The van der Waals surface area contributed by atoms with Crippen molar-refractivity contribution in [2.45, 2.75) is 153 Å². The minimum Gasteiger partial charge on any atom is -0.297 e. The normalized spacial score (nSPS) is 35.3. The lowest BCUT2D eigenvalue weighted by molar-refractivity contribution is 0.00730. The molecule has 0 aromatic heterocycles. The van der Waals surface area contributed by atoms with Crippen LogP contribution in [0.4, 0.5) is 0 Å². The van der Waals surface area contributed by atoms with E-state index >= 15 is 0 Å². The first-order valence-corrected chi connectivity index (χ1v) is 14.5. The van der Waals surface area contributed by atoms with Gasteiger partial charge in [0.05, 0.1) is 0 Å². The number of nitrogens with zero attached hydrogens (tertiary/aromatic N) is 3. The lowest BCUT2D eigenvalue weighted by atomic mass is 9.73. The van der Waals surface area contributed by atoms with Crippen molar-refractivity contribution in [3.05, 3.63) is 0 Å². The van der Waals surface area contributed by atoms with E-state index in [9.17, 15) is 0 Å². The van der Waals surface area contributed by atoms with E-state index in [-0.39, 0.29) is 0 Å². The predicted molar refractivity (Wildman–Crippen MR) is 132 cm³/mol. The summed E-state index contributed by atoms with van der Waals surface area (Å²) in [5.41, 5.74) is 0. The van der Waals surface area contributed by atoms with Gasteiger partial charge in [-0.05, 0) is 89.0 Å². The third-order valence-corrected chi connectivity index (χ3v) is 9.75. The maximum atomic E-state index is 5.34. The van der Waals surface area contributed by atoms with Gasteiger partial charge >= 0.3 is 0 Å². The van der Waals surface area contributed by atoms with Gasteiger partial charge < -0.3 is 0 Å². The molecule has 176 valence electrons. The molecule has 1 heterocycles. The van der Waals surface area contributed by atoms with Crippen LogP contribution in [0.5, 0.6) is 0 Å². The third-order valence-electron chi connectivity index (χ3n) is 9.75. The number of hydrazone groups is 1. The van der Waals surface area contributed by atoms with Crippen LogP contribution in [-0.4, -0.2) is 46.8 Å². The van der Waals surface area contributed by atoms with Crippen LogP contribution in [0.15, 0.2) is 5.10 Å². The molecular weight excluding hydrogens is 378 g/mol. The molecule has 3 atom stereocenters. The minimum absolute atomic E-state index is 0.737. The van der Waals surface area contributed by atoms with Crippen molar-refractivity contribution in [1.82, 2.24) is 9.91 Å². The van der Waals surface area contributed by atoms with Gasteiger partial charge in [0.2, 0.25) is 0 Å². The molecule has 3 heteroatoms. The number of hydrogen-bond acceptors (Lipinski definition) is 3. The Bertz CT molecular complexity index is 539. The second-order valence-electron chi connectivity index (χ2n) is 11.8. The maximum Gasteiger partial charge on any atom is 0.0473 e. The Hall–Kier alpha value is -0.570. The van der Waals surface area contributed by atoms with Crippen LogP contribution in [0.3, 0.4) is 0 Å². The molecule has 1 saturated heterocycles. The predicted octanol–water partition coefficient (Wildman–Crippen LogP) is 7.15. The highest BCUT2D eigenvalue weighted by molar-refractivity contribution is 5.60. The molecule has 0 radical (unpaired) electrons. The van der Waals surface area contributed by atoms with Crippen LogP contribution < -0.4 is 0 Å². The Balaban J connectivity index is 1.21. The molecule has 1 aliphatic heterocycles. The van der Waals surface area contributed by atoms with Gasteiger partial charge in [-0.2, -0.15) is 5.10 Å². The summed E-state index contributed by atoms with van der Waals surface area (Å²) in [7, 11) is 0. The summed E-state index contributed by atoms with van der Waals surface area (Å²) in [5, 5.41) is 7.99. The van der Waals surface area contributed by atoms with Gasteiger partial charge in [-0.1, -0.05) is 57.8 Å². The quantitative estimate of drug-likeness (QED) is 0.342. The number of likely N-dealkylation sites (tertiary alicyclic amines) is 1. The lowest BCUT2D eigenvalue weighted by Gasteiger charge is -2.50. The Kier molecular flexibility index (Phi) is 7.91. The summed E-state index contributed by atoms with van der Waals surface area (Å²) in [4.78, 5) is 3.00. The fourth-order valence-electron chi connectivity index (χ4n) is 8.08. The van der Waals surface area contributed by atoms with Crippen LogP contribution in [-0.2, 0) is 0 Å². The van der Waals surface area contributed by atoms with Gasteiger partial charge in [-0.15, -0.1) is 0 Å². The van der Waals surface area contributed by atoms with Crippen LogP contribution in [0.25, 0.3) is 0 Å². The zero-order valence-corrected chi connectivity index (χ0v) is 20.2. The molecule has 0 aromatic carbocycles. The van der Waals surface area contributed by atoms with Crippen molar-refractivity contribution in [3.8, 4) is 0 Å². The monoisotopic (exact) mass is 427 g/mol. The highest BCUT2D eigenvalue weighted by Gasteiger charge is 2.39. The number of fused-ring (bicyclic) bond motifs is 1. The molecule has 4 saturated carbocycles. The maximum absolute atomic E-state index is 5.34. The van der Waals surface area contributed by atoms with E-state index in [0.29, 0.717) is 0 Å². The molecule has 31 heavy (non-hydrogen) atoms. The molecule has 0 aromatic rings. The average molecular weight is 428 g/mol. The van der Waals surface area contributed by atoms with Crippen molar-refractivity contribution < 1.29 is 0 Å². The fourth-order valence-corrected chi connectivity index (χ4v) is 8.08. The molecule has 0 amide bonds. The zero-order valence-electron chi connectivity index (χ0n) is 20.2. The van der Waals surface area contributed by atoms with E-state index in [1.54, 1.807) is 0 Å². The van der Waals surface area contributed by atoms with Gasteiger partial charge in [0, 0.05) is 30.4 Å². The summed E-state index contributed by atoms with van der Waals surface area (Å²) >= 11 is 0. The molecule has 5 fully saturated rings. The van der Waals surface area contributed by atoms with Crippen molar-refractivity contribution >= 4 is 6.21 Å². The number of rotatable bonds is 5. The van der Waals surface area contributed by atoms with Gasteiger partial charge in [0.1, 0.15) is 0 Å². The van der Waals surface area contributed by atoms with E-state index in [1.165, 1.54) is 135 Å². The standard InChI is InChI=1S/C28H49N3/c1-4-12-25(13-5-1)30-20-10-11-24-21-23(18-19-28(24)30)22-29-31(26-14-6-2-7-15-26)27-16-8-3-9-17-27/h22-28H,1-21H2. The molecule has 3 unspecified atom stereocenters. The van der Waals surface area contributed by atoms with Gasteiger partial charge in [-0.25, -0.2) is 0 Å². The number of piperidine rings is 1. The van der Waals surface area contributed by atoms with E-state index in [0.717, 1.165) is 36.0 Å². The highest BCUT2D eigenvalue weighted by atomic mass is 15.5. The van der Waals surface area contributed by atoms with Gasteiger partial charge in [0.15, 0.2) is 0 Å². The van der Waals surface area contributed by atoms with Crippen molar-refractivity contribution in [2.24, 2.45) is 16.9 Å². The minimum atomic E-state index is 0.737. The Labute approximate surface area is 192 Å². The summed E-state index contributed by atoms with van der Waals surface area (Å²) in [5.74, 6) is 1.68. The van der Waals surface area contributed by atoms with E-state index < -0.39 is 0 Å². The first kappa shape index (κ1) is 22.2. The molecule has 0 bridgehead atoms. The van der Waals surface area contributed by atoms with Crippen LogP contribution >= 0.6 is 0 Å². The molecule has 5 aliphatic rings. The average Bonchev–Trinajstić information content (AvgIpc) is 2.85. The highest BCUT2D eigenvalue weighted by Crippen LogP contribution is 2.40. The van der Waals surface area contributed by atoms with E-state index in [4.69, 9.17) is 5.10 Å². The van der Waals surface area contributed by atoms with E-state index in [1.807, 2.05) is 0 Å². The van der Waals surface area contributed by atoms with Crippen molar-refractivity contribution in [3.63, 3.8) is 0 Å². The SMILES string of the molecule is C(=NN(C1CCCCC1)C1CCCCC1)C1CCC2C(CCCN2C2CCCCC2)C1. The molecule has 4 aliphatic carbocycles.